The van der Waals surface area contributed by atoms with Gasteiger partial charge in [-0.25, -0.2) is 4.39 Å². The second-order valence-corrected chi connectivity index (χ2v) is 4.53. The van der Waals surface area contributed by atoms with Crippen molar-refractivity contribution >= 4 is 17.9 Å². The number of pyridine rings is 1. The van der Waals surface area contributed by atoms with E-state index in [1.165, 1.54) is 19.2 Å². The van der Waals surface area contributed by atoms with Gasteiger partial charge in [-0.1, -0.05) is 11.6 Å². The lowest BCUT2D eigenvalue weighted by Gasteiger charge is -2.14. The van der Waals surface area contributed by atoms with E-state index in [-0.39, 0.29) is 16.8 Å². The Morgan fingerprint density at radius 3 is 2.39 bits per heavy atom. The molecule has 0 unspecified atom stereocenters. The molecule has 1 heterocycles. The normalized spacial score (nSPS) is 11.2. The molecule has 0 N–H and O–H groups in total. The van der Waals surface area contributed by atoms with Crippen molar-refractivity contribution in [1.82, 2.24) is 4.98 Å². The number of carbonyl (C=O) groups excluding carboxylic acids is 1. The predicted octanol–water partition coefficient (Wildman–Crippen LogP) is 4.15. The molecule has 0 aliphatic heterocycles. The highest BCUT2D eigenvalue weighted by atomic mass is 35.5. The molecule has 0 saturated heterocycles. The van der Waals surface area contributed by atoms with Gasteiger partial charge in [0.1, 0.15) is 16.5 Å². The topological polar surface area (TPSA) is 48.4 Å². The number of benzene rings is 1. The summed E-state index contributed by atoms with van der Waals surface area (Å²) in [5, 5.41) is 0.0787. The molecule has 0 bridgehead atoms. The van der Waals surface area contributed by atoms with Gasteiger partial charge in [0.05, 0.1) is 12.7 Å². The van der Waals surface area contributed by atoms with E-state index in [9.17, 15) is 22.4 Å². The van der Waals surface area contributed by atoms with Crippen molar-refractivity contribution in [2.24, 2.45) is 0 Å². The van der Waals surface area contributed by atoms with Gasteiger partial charge in [0.15, 0.2) is 11.6 Å². The summed E-state index contributed by atoms with van der Waals surface area (Å²) < 4.78 is 61.8. The number of halogens is 5. The van der Waals surface area contributed by atoms with Crippen LogP contribution in [0.1, 0.15) is 11.1 Å². The number of rotatable bonds is 4. The lowest BCUT2D eigenvalue weighted by atomic mass is 10.1. The van der Waals surface area contributed by atoms with E-state index in [2.05, 4.69) is 4.98 Å². The van der Waals surface area contributed by atoms with Crippen molar-refractivity contribution < 1.29 is 31.8 Å². The summed E-state index contributed by atoms with van der Waals surface area (Å²) in [6.45, 7) is 0. The second kappa shape index (κ2) is 6.41. The SMILES string of the molecule is COc1nc(Cl)ccc1Oc1ccc(C(F)(F)F)c(F)c1[C]=O. The van der Waals surface area contributed by atoms with E-state index < -0.39 is 28.9 Å². The maximum Gasteiger partial charge on any atom is 0.419 e. The Morgan fingerprint density at radius 2 is 1.83 bits per heavy atom. The Balaban J connectivity index is 2.49. The Hall–Kier alpha value is -2.35. The molecule has 4 nitrogen and oxygen atoms in total. The highest BCUT2D eigenvalue weighted by molar-refractivity contribution is 6.29. The van der Waals surface area contributed by atoms with Crippen LogP contribution in [0.25, 0.3) is 0 Å². The summed E-state index contributed by atoms with van der Waals surface area (Å²) in [4.78, 5) is 14.6. The molecular formula is C14H7ClF4NO3. The van der Waals surface area contributed by atoms with Crippen LogP contribution in [0.3, 0.4) is 0 Å². The van der Waals surface area contributed by atoms with Crippen LogP contribution in [0, 0.1) is 5.82 Å². The van der Waals surface area contributed by atoms with Gasteiger partial charge in [0.25, 0.3) is 5.88 Å². The predicted molar refractivity (Wildman–Crippen MR) is 72.1 cm³/mol. The van der Waals surface area contributed by atoms with Crippen LogP contribution >= 0.6 is 11.6 Å². The van der Waals surface area contributed by atoms with Crippen molar-refractivity contribution in [2.45, 2.75) is 6.18 Å². The zero-order chi connectivity index (χ0) is 17.2. The van der Waals surface area contributed by atoms with E-state index in [1.54, 1.807) is 0 Å². The summed E-state index contributed by atoms with van der Waals surface area (Å²) in [7, 11) is 1.26. The van der Waals surface area contributed by atoms with Gasteiger partial charge in [-0.3, -0.25) is 4.79 Å². The van der Waals surface area contributed by atoms with Gasteiger partial charge in [0, 0.05) is 0 Å². The van der Waals surface area contributed by atoms with Crippen molar-refractivity contribution in [3.8, 4) is 17.4 Å². The lowest BCUT2D eigenvalue weighted by molar-refractivity contribution is -0.140. The number of ether oxygens (including phenoxy) is 2. The van der Waals surface area contributed by atoms with Crippen molar-refractivity contribution in [1.29, 1.82) is 0 Å². The first kappa shape index (κ1) is 17.0. The molecule has 9 heteroatoms. The monoisotopic (exact) mass is 348 g/mol. The average molecular weight is 349 g/mol. The first-order valence-electron chi connectivity index (χ1n) is 5.94. The maximum atomic E-state index is 13.8. The van der Waals surface area contributed by atoms with E-state index in [1.807, 2.05) is 0 Å². The first-order valence-corrected chi connectivity index (χ1v) is 6.32. The summed E-state index contributed by atoms with van der Waals surface area (Å²) in [6, 6.07) is 3.89. The van der Waals surface area contributed by atoms with Crippen LogP contribution in [-0.4, -0.2) is 18.4 Å². The number of methoxy groups -OCH3 is 1. The minimum absolute atomic E-state index is 0.0624. The number of hydrogen-bond acceptors (Lipinski definition) is 4. The first-order chi connectivity index (χ1) is 10.8. The molecule has 0 aliphatic rings. The Bertz CT molecular complexity index is 750. The minimum Gasteiger partial charge on any atom is -0.478 e. The Labute approximate surface area is 132 Å². The third kappa shape index (κ3) is 3.53. The summed E-state index contributed by atoms with van der Waals surface area (Å²) >= 11 is 5.66. The number of hydrogen-bond donors (Lipinski definition) is 0. The molecule has 121 valence electrons. The second-order valence-electron chi connectivity index (χ2n) is 4.14. The maximum absolute atomic E-state index is 13.8. The highest BCUT2D eigenvalue weighted by Gasteiger charge is 2.36. The molecule has 1 radical (unpaired) electrons. The van der Waals surface area contributed by atoms with Crippen LogP contribution in [0.2, 0.25) is 5.15 Å². The zero-order valence-electron chi connectivity index (χ0n) is 11.4. The van der Waals surface area contributed by atoms with Gasteiger partial charge < -0.3 is 9.47 Å². The smallest absolute Gasteiger partial charge is 0.419 e. The third-order valence-electron chi connectivity index (χ3n) is 2.72. The standard InChI is InChI=1S/C14H7ClF4NO3/c1-22-13-10(4-5-11(15)20-13)23-9-3-2-8(14(17,18)19)12(16)7(9)6-21/h2-5H,1H3. The molecule has 2 aromatic rings. The lowest BCUT2D eigenvalue weighted by Crippen LogP contribution is -2.10. The van der Waals surface area contributed by atoms with E-state index in [0.29, 0.717) is 6.07 Å². The molecule has 0 spiro atoms. The van der Waals surface area contributed by atoms with E-state index in [4.69, 9.17) is 21.1 Å². The van der Waals surface area contributed by atoms with Crippen molar-refractivity contribution in [3.63, 3.8) is 0 Å². The van der Waals surface area contributed by atoms with Crippen molar-refractivity contribution in [3.05, 3.63) is 46.4 Å². The van der Waals surface area contributed by atoms with Gasteiger partial charge in [0.2, 0.25) is 6.29 Å². The summed E-state index contributed by atoms with van der Waals surface area (Å²) in [5.74, 6) is -2.39. The molecule has 0 atom stereocenters. The van der Waals surface area contributed by atoms with Gasteiger partial charge in [-0.15, -0.1) is 0 Å². The van der Waals surface area contributed by atoms with Gasteiger partial charge >= 0.3 is 6.18 Å². The fourth-order valence-corrected chi connectivity index (χ4v) is 1.84. The summed E-state index contributed by atoms with van der Waals surface area (Å²) in [6.07, 6.45) is -3.84. The number of aromatic nitrogens is 1. The number of nitrogens with zero attached hydrogens (tertiary/aromatic N) is 1. The highest BCUT2D eigenvalue weighted by Crippen LogP contribution is 2.38. The fraction of sp³-hybridized carbons (Fsp3) is 0.143. The summed E-state index contributed by atoms with van der Waals surface area (Å²) in [5.41, 5.74) is -2.58. The Kier molecular flexibility index (Phi) is 4.74. The third-order valence-corrected chi connectivity index (χ3v) is 2.93. The zero-order valence-corrected chi connectivity index (χ0v) is 12.1. The van der Waals surface area contributed by atoms with Crippen LogP contribution in [0.4, 0.5) is 17.6 Å². The van der Waals surface area contributed by atoms with Gasteiger partial charge in [-0.2, -0.15) is 18.2 Å². The van der Waals surface area contributed by atoms with Crippen LogP contribution in [-0.2, 0) is 11.0 Å². The molecule has 1 aromatic heterocycles. The molecule has 0 amide bonds. The Morgan fingerprint density at radius 1 is 1.17 bits per heavy atom. The molecular weight excluding hydrogens is 342 g/mol. The largest absolute Gasteiger partial charge is 0.478 e. The molecule has 0 fully saturated rings. The van der Waals surface area contributed by atoms with E-state index >= 15 is 0 Å². The van der Waals surface area contributed by atoms with Crippen LogP contribution < -0.4 is 9.47 Å². The minimum atomic E-state index is -4.95. The molecule has 0 saturated carbocycles. The van der Waals surface area contributed by atoms with Crippen LogP contribution in [0.5, 0.6) is 17.4 Å². The molecule has 2 rings (SSSR count). The van der Waals surface area contributed by atoms with Gasteiger partial charge in [-0.05, 0) is 24.3 Å². The quantitative estimate of drug-likeness (QED) is 0.615. The average Bonchev–Trinajstić information content (AvgIpc) is 2.48. The van der Waals surface area contributed by atoms with Crippen LogP contribution in [0.15, 0.2) is 24.3 Å². The molecule has 23 heavy (non-hydrogen) atoms. The number of alkyl halides is 3. The van der Waals surface area contributed by atoms with Crippen molar-refractivity contribution in [2.75, 3.05) is 7.11 Å². The fourth-order valence-electron chi connectivity index (χ4n) is 1.70. The molecule has 0 aliphatic carbocycles. The molecule has 1 aromatic carbocycles. The van der Waals surface area contributed by atoms with E-state index in [0.717, 1.165) is 12.4 Å².